The molecule has 0 aromatic heterocycles. The lowest BCUT2D eigenvalue weighted by atomic mass is 9.97. The minimum atomic E-state index is -2.47. The summed E-state index contributed by atoms with van der Waals surface area (Å²) in [6.07, 6.45) is 0. The number of hydrogen-bond donors (Lipinski definition) is 0. The van der Waals surface area contributed by atoms with Gasteiger partial charge in [0.05, 0.1) is 27.4 Å². The SMILES string of the molecule is COc1ccc([P@]2(=S)OCC(C)(C)CO[P@@](=S)(c3ccc(OC)cc3)S2)cc1. The minimum absolute atomic E-state index is 0.173. The van der Waals surface area contributed by atoms with Gasteiger partial charge in [0.2, 0.25) is 0 Å². The lowest BCUT2D eigenvalue weighted by Crippen LogP contribution is -2.27. The molecule has 0 unspecified atom stereocenters. The standard InChI is InChI=1S/C19H24O4P2S3/c1-19(2)13-22-24(26,17-9-5-15(20-3)6-10-17)28-25(27,23-14-19)18-11-7-16(21-4)8-12-18/h5-12H,13-14H2,1-4H3/t24-,25-/m1/s1. The van der Waals surface area contributed by atoms with Gasteiger partial charge in [0.1, 0.15) is 11.5 Å². The Morgan fingerprint density at radius 2 is 1.14 bits per heavy atom. The topological polar surface area (TPSA) is 36.9 Å². The van der Waals surface area contributed by atoms with Gasteiger partial charge in [-0.15, -0.1) is 0 Å². The second kappa shape index (κ2) is 8.77. The van der Waals surface area contributed by atoms with Gasteiger partial charge in [-0.2, -0.15) is 0 Å². The fraction of sp³-hybridized carbons (Fsp3) is 0.368. The van der Waals surface area contributed by atoms with Crippen molar-refractivity contribution in [1.29, 1.82) is 0 Å². The smallest absolute Gasteiger partial charge is 0.155 e. The summed E-state index contributed by atoms with van der Waals surface area (Å²) in [4.78, 5) is 0. The van der Waals surface area contributed by atoms with E-state index in [1.54, 1.807) is 14.2 Å². The summed E-state index contributed by atoms with van der Waals surface area (Å²) < 4.78 is 23.4. The molecule has 0 bridgehead atoms. The average Bonchev–Trinajstić information content (AvgIpc) is 2.70. The summed E-state index contributed by atoms with van der Waals surface area (Å²) in [5, 5.41) is 1.94. The first-order valence-corrected chi connectivity index (χ1v) is 16.2. The molecule has 152 valence electrons. The maximum Gasteiger partial charge on any atom is 0.155 e. The van der Waals surface area contributed by atoms with E-state index in [4.69, 9.17) is 42.1 Å². The van der Waals surface area contributed by atoms with Crippen molar-refractivity contribution in [2.75, 3.05) is 27.4 Å². The minimum Gasteiger partial charge on any atom is -0.497 e. The molecule has 28 heavy (non-hydrogen) atoms. The van der Waals surface area contributed by atoms with Crippen LogP contribution < -0.4 is 20.1 Å². The molecule has 2 aromatic rings. The zero-order valence-corrected chi connectivity index (χ0v) is 20.5. The van der Waals surface area contributed by atoms with Gasteiger partial charge in [-0.05, 0) is 59.5 Å². The summed E-state index contributed by atoms with van der Waals surface area (Å²) in [7, 11) is 3.29. The van der Waals surface area contributed by atoms with E-state index < -0.39 is 10.9 Å². The van der Waals surface area contributed by atoms with Gasteiger partial charge in [-0.3, -0.25) is 0 Å². The molecular weight excluding hydrogens is 450 g/mol. The Morgan fingerprint density at radius 1 is 0.786 bits per heavy atom. The van der Waals surface area contributed by atoms with Crippen LogP contribution in [-0.4, -0.2) is 27.4 Å². The molecule has 1 heterocycles. The molecule has 9 heteroatoms. The fourth-order valence-corrected chi connectivity index (χ4v) is 20.5. The number of benzene rings is 2. The molecule has 0 aliphatic carbocycles. The summed E-state index contributed by atoms with van der Waals surface area (Å²) >= 11 is 13.8. The first kappa shape index (κ1) is 22.3. The molecule has 2 atom stereocenters. The van der Waals surface area contributed by atoms with E-state index in [0.29, 0.717) is 13.2 Å². The van der Waals surface area contributed by atoms with E-state index in [1.807, 2.05) is 48.5 Å². The zero-order valence-electron chi connectivity index (χ0n) is 16.3. The van der Waals surface area contributed by atoms with Gasteiger partial charge in [-0.1, -0.05) is 37.5 Å². The van der Waals surface area contributed by atoms with Gasteiger partial charge >= 0.3 is 0 Å². The Kier molecular flexibility index (Phi) is 6.98. The van der Waals surface area contributed by atoms with Crippen molar-refractivity contribution in [1.82, 2.24) is 0 Å². The zero-order chi connectivity index (χ0) is 20.4. The molecule has 0 radical (unpaired) electrons. The van der Waals surface area contributed by atoms with Crippen molar-refractivity contribution in [3.05, 3.63) is 48.5 Å². The second-order valence-electron chi connectivity index (χ2n) is 7.18. The van der Waals surface area contributed by atoms with Crippen LogP contribution in [0.2, 0.25) is 0 Å². The predicted molar refractivity (Wildman–Crippen MR) is 127 cm³/mol. The van der Waals surface area contributed by atoms with E-state index in [1.165, 1.54) is 11.0 Å². The number of ether oxygens (including phenoxy) is 2. The fourth-order valence-electron chi connectivity index (χ4n) is 2.52. The third kappa shape index (κ3) is 5.02. The molecule has 0 spiro atoms. The van der Waals surface area contributed by atoms with E-state index >= 15 is 0 Å². The summed E-state index contributed by atoms with van der Waals surface area (Å²) in [6.45, 7) is 5.29. The van der Waals surface area contributed by atoms with Crippen molar-refractivity contribution in [2.45, 2.75) is 13.8 Å². The molecule has 1 fully saturated rings. The van der Waals surface area contributed by atoms with Gasteiger partial charge in [0.25, 0.3) is 0 Å². The lowest BCUT2D eigenvalue weighted by Gasteiger charge is -2.37. The van der Waals surface area contributed by atoms with Crippen LogP contribution in [0.5, 0.6) is 11.5 Å². The van der Waals surface area contributed by atoms with Crippen molar-refractivity contribution in [3.8, 4) is 11.5 Å². The molecular formula is C19H24O4P2S3. The molecule has 0 N–H and O–H groups in total. The Hall–Kier alpha value is -0.390. The van der Waals surface area contributed by atoms with E-state index in [2.05, 4.69) is 13.8 Å². The monoisotopic (exact) mass is 474 g/mol. The number of methoxy groups -OCH3 is 2. The van der Waals surface area contributed by atoms with Crippen LogP contribution in [0.25, 0.3) is 0 Å². The van der Waals surface area contributed by atoms with Crippen LogP contribution in [0, 0.1) is 5.41 Å². The van der Waals surface area contributed by atoms with Crippen molar-refractivity contribution in [3.63, 3.8) is 0 Å². The molecule has 2 aromatic carbocycles. The van der Waals surface area contributed by atoms with E-state index in [9.17, 15) is 0 Å². The van der Waals surface area contributed by atoms with Gasteiger partial charge in [0.15, 0.2) is 10.9 Å². The third-order valence-electron chi connectivity index (χ3n) is 4.24. The Morgan fingerprint density at radius 3 is 1.46 bits per heavy atom. The Balaban J connectivity index is 2.03. The highest BCUT2D eigenvalue weighted by Gasteiger charge is 2.38. The second-order valence-corrected chi connectivity index (χ2v) is 20.4. The van der Waals surface area contributed by atoms with Crippen LogP contribution in [0.1, 0.15) is 13.8 Å². The maximum atomic E-state index is 6.41. The van der Waals surface area contributed by atoms with Crippen molar-refractivity contribution >= 4 is 56.2 Å². The highest BCUT2D eigenvalue weighted by Crippen LogP contribution is 2.78. The molecule has 1 aliphatic rings. The molecule has 0 saturated carbocycles. The Labute approximate surface area is 181 Å². The molecule has 0 amide bonds. The third-order valence-corrected chi connectivity index (χ3v) is 20.0. The van der Waals surface area contributed by atoms with Crippen LogP contribution in [0.3, 0.4) is 0 Å². The molecule has 4 nitrogen and oxygen atoms in total. The summed E-state index contributed by atoms with van der Waals surface area (Å²) in [5.41, 5.74) is -5.11. The highest BCUT2D eigenvalue weighted by molar-refractivity contribution is 9.00. The van der Waals surface area contributed by atoms with E-state index in [-0.39, 0.29) is 5.41 Å². The van der Waals surface area contributed by atoms with Crippen molar-refractivity contribution < 1.29 is 18.5 Å². The molecule has 1 saturated heterocycles. The Bertz CT molecular complexity index is 840. The normalized spacial score (nSPS) is 27.4. The number of rotatable bonds is 4. The van der Waals surface area contributed by atoms with Gasteiger partial charge < -0.3 is 18.5 Å². The first-order chi connectivity index (χ1) is 13.2. The number of hydrogen-bond acceptors (Lipinski definition) is 7. The van der Waals surface area contributed by atoms with Crippen molar-refractivity contribution in [2.24, 2.45) is 5.41 Å². The van der Waals surface area contributed by atoms with Gasteiger partial charge in [0, 0.05) is 16.0 Å². The van der Waals surface area contributed by atoms with Crippen LogP contribution in [0.15, 0.2) is 48.5 Å². The van der Waals surface area contributed by atoms with Crippen LogP contribution in [0.4, 0.5) is 0 Å². The van der Waals surface area contributed by atoms with Crippen LogP contribution in [-0.2, 0) is 32.7 Å². The summed E-state index contributed by atoms with van der Waals surface area (Å²) in [6, 6.07) is 15.6. The first-order valence-electron chi connectivity index (χ1n) is 8.69. The maximum absolute atomic E-state index is 6.41. The average molecular weight is 475 g/mol. The van der Waals surface area contributed by atoms with Crippen LogP contribution >= 0.6 is 21.9 Å². The van der Waals surface area contributed by atoms with Gasteiger partial charge in [-0.25, -0.2) is 0 Å². The lowest BCUT2D eigenvalue weighted by molar-refractivity contribution is 0.129. The van der Waals surface area contributed by atoms with E-state index in [0.717, 1.165) is 22.1 Å². The molecule has 1 aliphatic heterocycles. The summed E-state index contributed by atoms with van der Waals surface area (Å²) in [5.74, 6) is 1.57. The highest BCUT2D eigenvalue weighted by atomic mass is 33.2. The largest absolute Gasteiger partial charge is 0.497 e. The molecule has 3 rings (SSSR count). The predicted octanol–water partition coefficient (Wildman–Crippen LogP) is 5.08. The quantitative estimate of drug-likeness (QED) is 0.572.